The molecule has 212 valence electrons. The van der Waals surface area contributed by atoms with E-state index in [0.29, 0.717) is 18.7 Å². The Kier molecular flexibility index (Phi) is 8.84. The molecule has 0 amide bonds. The zero-order valence-corrected chi connectivity index (χ0v) is 24.2. The van der Waals surface area contributed by atoms with Gasteiger partial charge in [-0.3, -0.25) is 4.98 Å². The van der Waals surface area contributed by atoms with Crippen LogP contribution in [0.2, 0.25) is 0 Å². The Morgan fingerprint density at radius 1 is 0.690 bits per heavy atom. The maximum Gasteiger partial charge on any atom is 0.178 e. The molecular formula is C35H37N7. The molecule has 1 fully saturated rings. The van der Waals surface area contributed by atoms with Crippen molar-refractivity contribution >= 4 is 5.69 Å². The number of hydrogen-bond donors (Lipinski definition) is 0. The molecule has 0 aliphatic carbocycles. The normalized spacial score (nSPS) is 13.8. The van der Waals surface area contributed by atoms with Gasteiger partial charge in [-0.2, -0.15) is 0 Å². The summed E-state index contributed by atoms with van der Waals surface area (Å²) >= 11 is 0. The minimum Gasteiger partial charge on any atom is -0.372 e. The van der Waals surface area contributed by atoms with Gasteiger partial charge in [0.15, 0.2) is 5.82 Å². The third-order valence-corrected chi connectivity index (χ3v) is 8.01. The SMILES string of the molecule is Cc1cccc(-c2nccc(Cc3ccnc(Cc4ccc(N5CCC(CCCc6ccccn6)CC5)cc4)n3)n2)n1. The van der Waals surface area contributed by atoms with Crippen LogP contribution in [0, 0.1) is 12.8 Å². The lowest BCUT2D eigenvalue weighted by Gasteiger charge is -2.33. The summed E-state index contributed by atoms with van der Waals surface area (Å²) in [7, 11) is 0. The summed E-state index contributed by atoms with van der Waals surface area (Å²) in [5.41, 5.74) is 7.32. The van der Waals surface area contributed by atoms with E-state index in [-0.39, 0.29) is 0 Å². The van der Waals surface area contributed by atoms with Crippen molar-refractivity contribution in [2.45, 2.75) is 51.9 Å². The maximum atomic E-state index is 4.84. The van der Waals surface area contributed by atoms with Crippen LogP contribution in [0.5, 0.6) is 0 Å². The van der Waals surface area contributed by atoms with E-state index in [2.05, 4.69) is 61.2 Å². The molecule has 1 aliphatic rings. The fraction of sp³-hybridized carbons (Fsp3) is 0.314. The summed E-state index contributed by atoms with van der Waals surface area (Å²) in [6, 6.07) is 24.9. The van der Waals surface area contributed by atoms with Gasteiger partial charge in [0.2, 0.25) is 0 Å². The average Bonchev–Trinajstić information content (AvgIpc) is 3.03. The number of piperidine rings is 1. The zero-order valence-electron chi connectivity index (χ0n) is 24.2. The summed E-state index contributed by atoms with van der Waals surface area (Å²) in [6.07, 6.45) is 13.0. The smallest absolute Gasteiger partial charge is 0.178 e. The molecule has 0 atom stereocenters. The van der Waals surface area contributed by atoms with E-state index in [1.54, 1.807) is 6.20 Å². The topological polar surface area (TPSA) is 80.6 Å². The summed E-state index contributed by atoms with van der Waals surface area (Å²) < 4.78 is 0. The second kappa shape index (κ2) is 13.4. The van der Waals surface area contributed by atoms with Crippen LogP contribution in [0.1, 0.15) is 59.8 Å². The second-order valence-corrected chi connectivity index (χ2v) is 11.2. The molecule has 7 heteroatoms. The highest BCUT2D eigenvalue weighted by Crippen LogP contribution is 2.27. The molecule has 1 saturated heterocycles. The number of anilines is 1. The van der Waals surface area contributed by atoms with Gasteiger partial charge in [0.05, 0.1) is 11.4 Å². The Balaban J connectivity index is 1.01. The summed E-state index contributed by atoms with van der Waals surface area (Å²) in [5, 5.41) is 0. The third kappa shape index (κ3) is 7.40. The van der Waals surface area contributed by atoms with E-state index >= 15 is 0 Å². The van der Waals surface area contributed by atoms with Crippen molar-refractivity contribution in [3.8, 4) is 11.5 Å². The Morgan fingerprint density at radius 3 is 2.29 bits per heavy atom. The summed E-state index contributed by atoms with van der Waals surface area (Å²) in [6.45, 7) is 4.23. The Morgan fingerprint density at radius 2 is 1.50 bits per heavy atom. The minimum absolute atomic E-state index is 0.620. The van der Waals surface area contributed by atoms with Crippen LogP contribution in [-0.2, 0) is 19.3 Å². The maximum absolute atomic E-state index is 4.84. The molecule has 7 nitrogen and oxygen atoms in total. The molecule has 5 heterocycles. The second-order valence-electron chi connectivity index (χ2n) is 11.2. The van der Waals surface area contributed by atoms with Crippen LogP contribution in [0.3, 0.4) is 0 Å². The van der Waals surface area contributed by atoms with Crippen LogP contribution in [0.4, 0.5) is 5.69 Å². The van der Waals surface area contributed by atoms with E-state index in [9.17, 15) is 0 Å². The molecule has 5 aromatic rings. The van der Waals surface area contributed by atoms with Crippen LogP contribution in [-0.4, -0.2) is 43.0 Å². The Labute approximate surface area is 248 Å². The van der Waals surface area contributed by atoms with Crippen molar-refractivity contribution in [1.82, 2.24) is 29.9 Å². The van der Waals surface area contributed by atoms with E-state index in [1.807, 2.05) is 55.7 Å². The fourth-order valence-corrected chi connectivity index (χ4v) is 5.70. The first-order chi connectivity index (χ1) is 20.7. The molecule has 1 aromatic carbocycles. The molecule has 1 aliphatic heterocycles. The number of benzene rings is 1. The van der Waals surface area contributed by atoms with Crippen molar-refractivity contribution in [1.29, 1.82) is 0 Å². The van der Waals surface area contributed by atoms with Crippen LogP contribution >= 0.6 is 0 Å². The quantitative estimate of drug-likeness (QED) is 0.196. The number of nitrogens with zero attached hydrogens (tertiary/aromatic N) is 7. The van der Waals surface area contributed by atoms with Crippen molar-refractivity contribution in [2.24, 2.45) is 5.92 Å². The zero-order chi connectivity index (χ0) is 28.6. The highest BCUT2D eigenvalue weighted by molar-refractivity contribution is 5.49. The molecule has 6 rings (SSSR count). The van der Waals surface area contributed by atoms with Gasteiger partial charge < -0.3 is 4.90 Å². The van der Waals surface area contributed by atoms with Gasteiger partial charge in [-0.15, -0.1) is 0 Å². The molecule has 0 bridgehead atoms. The first-order valence-electron chi connectivity index (χ1n) is 15.0. The van der Waals surface area contributed by atoms with E-state index in [0.717, 1.165) is 54.0 Å². The van der Waals surface area contributed by atoms with E-state index < -0.39 is 0 Å². The molecule has 0 radical (unpaired) electrons. The van der Waals surface area contributed by atoms with Gasteiger partial charge >= 0.3 is 0 Å². The van der Waals surface area contributed by atoms with Gasteiger partial charge in [0, 0.05) is 61.6 Å². The molecule has 4 aromatic heterocycles. The lowest BCUT2D eigenvalue weighted by atomic mass is 9.91. The monoisotopic (exact) mass is 555 g/mol. The summed E-state index contributed by atoms with van der Waals surface area (Å²) in [4.78, 5) is 30.1. The van der Waals surface area contributed by atoms with Gasteiger partial charge in [-0.25, -0.2) is 24.9 Å². The number of aromatic nitrogens is 6. The van der Waals surface area contributed by atoms with Crippen LogP contribution in [0.25, 0.3) is 11.5 Å². The molecule has 0 N–H and O–H groups in total. The lowest BCUT2D eigenvalue weighted by Crippen LogP contribution is -2.33. The average molecular weight is 556 g/mol. The van der Waals surface area contributed by atoms with Crippen molar-refractivity contribution in [2.75, 3.05) is 18.0 Å². The van der Waals surface area contributed by atoms with Gasteiger partial charge in [0.25, 0.3) is 0 Å². The van der Waals surface area contributed by atoms with Crippen molar-refractivity contribution in [3.63, 3.8) is 0 Å². The molecular weight excluding hydrogens is 518 g/mol. The summed E-state index contributed by atoms with van der Waals surface area (Å²) in [5.74, 6) is 2.28. The third-order valence-electron chi connectivity index (χ3n) is 8.01. The molecule has 0 spiro atoms. The Bertz CT molecular complexity index is 1580. The molecule has 0 saturated carbocycles. The van der Waals surface area contributed by atoms with Crippen molar-refractivity contribution in [3.05, 3.63) is 126 Å². The molecule has 42 heavy (non-hydrogen) atoms. The predicted octanol–water partition coefficient (Wildman–Crippen LogP) is 6.45. The first kappa shape index (κ1) is 27.6. The highest BCUT2D eigenvalue weighted by Gasteiger charge is 2.19. The van der Waals surface area contributed by atoms with E-state index in [4.69, 9.17) is 9.97 Å². The largest absolute Gasteiger partial charge is 0.372 e. The minimum atomic E-state index is 0.620. The van der Waals surface area contributed by atoms with Crippen LogP contribution < -0.4 is 4.90 Å². The van der Waals surface area contributed by atoms with Crippen LogP contribution in [0.15, 0.2) is 91.4 Å². The van der Waals surface area contributed by atoms with Gasteiger partial charge in [-0.05, 0) is 99.0 Å². The number of hydrogen-bond acceptors (Lipinski definition) is 7. The number of aryl methyl sites for hydroxylation is 2. The highest BCUT2D eigenvalue weighted by atomic mass is 15.1. The fourth-order valence-electron chi connectivity index (χ4n) is 5.70. The Hall–Kier alpha value is -4.52. The first-order valence-corrected chi connectivity index (χ1v) is 15.0. The number of pyridine rings is 2. The van der Waals surface area contributed by atoms with Gasteiger partial charge in [0.1, 0.15) is 11.5 Å². The predicted molar refractivity (Wildman–Crippen MR) is 166 cm³/mol. The lowest BCUT2D eigenvalue weighted by molar-refractivity contribution is 0.372. The van der Waals surface area contributed by atoms with Crippen molar-refractivity contribution < 1.29 is 0 Å². The number of rotatable bonds is 10. The standard InChI is InChI=1S/C35H37N7/c1-26-6-4-10-33(39-26)35-38-21-16-31(41-35)25-30-15-20-37-34(40-30)24-28-11-13-32(14-12-28)42-22-17-27(18-23-42)7-5-9-29-8-2-3-19-36-29/h2-4,6,8,10-16,19-21,27H,5,7,9,17-18,22-25H2,1H3. The van der Waals surface area contributed by atoms with E-state index in [1.165, 1.54) is 42.6 Å². The van der Waals surface area contributed by atoms with Gasteiger partial charge in [-0.1, -0.05) is 24.3 Å². The molecule has 0 unspecified atom stereocenters.